The van der Waals surface area contributed by atoms with Crippen LogP contribution >= 0.6 is 0 Å². The van der Waals surface area contributed by atoms with Gasteiger partial charge in [0.15, 0.2) is 0 Å². The van der Waals surface area contributed by atoms with Crippen LogP contribution in [0.4, 0.5) is 0 Å². The number of amides is 1. The summed E-state index contributed by atoms with van der Waals surface area (Å²) in [5, 5.41) is 11.3. The molecule has 0 aromatic rings. The highest BCUT2D eigenvalue weighted by Gasteiger charge is 2.18. The van der Waals surface area contributed by atoms with Crippen LogP contribution in [0.15, 0.2) is 0 Å². The molecule has 0 aliphatic heterocycles. The molecule has 2 N–H and O–H groups in total. The molecule has 0 aliphatic carbocycles. The molecule has 1 amide bonds. The molecular formula is C11H21NO4. The molecule has 0 unspecified atom stereocenters. The van der Waals surface area contributed by atoms with E-state index < -0.39 is 12.0 Å². The lowest BCUT2D eigenvalue weighted by molar-refractivity contribution is -0.142. The normalized spacial score (nSPS) is 12.1. The quantitative estimate of drug-likeness (QED) is 0.584. The molecule has 0 rings (SSSR count). The van der Waals surface area contributed by atoms with Gasteiger partial charge in [0.05, 0.1) is 6.61 Å². The highest BCUT2D eigenvalue weighted by atomic mass is 16.5. The van der Waals surface area contributed by atoms with Gasteiger partial charge in [-0.1, -0.05) is 20.3 Å². The Morgan fingerprint density at radius 3 is 2.44 bits per heavy atom. The van der Waals surface area contributed by atoms with Crippen molar-refractivity contribution < 1.29 is 19.4 Å². The zero-order valence-corrected chi connectivity index (χ0v) is 9.99. The maximum Gasteiger partial charge on any atom is 0.326 e. The van der Waals surface area contributed by atoms with Crippen LogP contribution in [0.1, 0.15) is 39.5 Å². The van der Waals surface area contributed by atoms with Crippen molar-refractivity contribution in [3.05, 3.63) is 0 Å². The summed E-state index contributed by atoms with van der Waals surface area (Å²) in [6.45, 7) is 4.84. The van der Waals surface area contributed by atoms with Crippen molar-refractivity contribution in [3.63, 3.8) is 0 Å². The van der Waals surface area contributed by atoms with Crippen molar-refractivity contribution in [2.45, 2.75) is 45.6 Å². The van der Waals surface area contributed by atoms with Crippen LogP contribution in [0.5, 0.6) is 0 Å². The fraction of sp³-hybridized carbons (Fsp3) is 0.818. The SMILES string of the molecule is CCCOCCC(=O)N[C@@H](CCC)C(=O)O. The first-order valence-electron chi connectivity index (χ1n) is 5.71. The molecule has 0 fully saturated rings. The monoisotopic (exact) mass is 231 g/mol. The van der Waals surface area contributed by atoms with E-state index in [1.54, 1.807) is 0 Å². The number of carboxylic acids is 1. The highest BCUT2D eigenvalue weighted by molar-refractivity contribution is 5.83. The summed E-state index contributed by atoms with van der Waals surface area (Å²) in [4.78, 5) is 22.1. The first kappa shape index (κ1) is 14.9. The van der Waals surface area contributed by atoms with Crippen LogP contribution in [0.3, 0.4) is 0 Å². The predicted octanol–water partition coefficient (Wildman–Crippen LogP) is 1.17. The van der Waals surface area contributed by atoms with E-state index in [4.69, 9.17) is 9.84 Å². The number of aliphatic carboxylic acids is 1. The lowest BCUT2D eigenvalue weighted by Crippen LogP contribution is -2.40. The minimum atomic E-state index is -0.982. The fourth-order valence-electron chi connectivity index (χ4n) is 1.22. The number of carboxylic acid groups (broad SMARTS) is 1. The molecule has 0 aliphatic rings. The lowest BCUT2D eigenvalue weighted by Gasteiger charge is -2.13. The van der Waals surface area contributed by atoms with Crippen molar-refractivity contribution >= 4 is 11.9 Å². The molecule has 0 heterocycles. The smallest absolute Gasteiger partial charge is 0.326 e. The summed E-state index contributed by atoms with van der Waals surface area (Å²) >= 11 is 0. The molecule has 0 aromatic carbocycles. The topological polar surface area (TPSA) is 75.6 Å². The van der Waals surface area contributed by atoms with Crippen LogP contribution < -0.4 is 5.32 Å². The van der Waals surface area contributed by atoms with E-state index in [-0.39, 0.29) is 12.3 Å². The third-order valence-corrected chi connectivity index (χ3v) is 2.03. The number of nitrogens with one attached hydrogen (secondary N) is 1. The first-order valence-corrected chi connectivity index (χ1v) is 5.71. The average Bonchev–Trinajstić information content (AvgIpc) is 2.23. The summed E-state index contributed by atoms with van der Waals surface area (Å²) in [7, 11) is 0. The molecule has 5 nitrogen and oxygen atoms in total. The highest BCUT2D eigenvalue weighted by Crippen LogP contribution is 1.97. The number of hydrogen-bond acceptors (Lipinski definition) is 3. The third kappa shape index (κ3) is 7.23. The van der Waals surface area contributed by atoms with Crippen molar-refractivity contribution in [1.82, 2.24) is 5.32 Å². The van der Waals surface area contributed by atoms with Gasteiger partial charge in [-0.25, -0.2) is 4.79 Å². The standard InChI is InChI=1S/C11H21NO4/c1-3-5-9(11(14)15)12-10(13)6-8-16-7-4-2/h9H,3-8H2,1-2H3,(H,12,13)(H,14,15)/t9-/m0/s1. The zero-order chi connectivity index (χ0) is 12.4. The second-order valence-corrected chi connectivity index (χ2v) is 3.61. The maximum absolute atomic E-state index is 11.3. The molecule has 0 aromatic heterocycles. The summed E-state index contributed by atoms with van der Waals surface area (Å²) in [5.74, 6) is -1.25. The van der Waals surface area contributed by atoms with Crippen LogP contribution in [0.2, 0.25) is 0 Å². The van der Waals surface area contributed by atoms with Gasteiger partial charge in [0.1, 0.15) is 6.04 Å². The van der Waals surface area contributed by atoms with Crippen molar-refractivity contribution in [3.8, 4) is 0 Å². The lowest BCUT2D eigenvalue weighted by atomic mass is 10.1. The summed E-state index contributed by atoms with van der Waals surface area (Å²) in [6.07, 6.45) is 2.31. The van der Waals surface area contributed by atoms with E-state index in [0.717, 1.165) is 12.8 Å². The van der Waals surface area contributed by atoms with Gasteiger partial charge < -0.3 is 15.2 Å². The Morgan fingerprint density at radius 2 is 1.94 bits per heavy atom. The van der Waals surface area contributed by atoms with Gasteiger partial charge in [-0.2, -0.15) is 0 Å². The minimum Gasteiger partial charge on any atom is -0.480 e. The molecule has 94 valence electrons. The van der Waals surface area contributed by atoms with Gasteiger partial charge in [0.2, 0.25) is 5.91 Å². The molecule has 1 atom stereocenters. The summed E-state index contributed by atoms with van der Waals surface area (Å²) in [6, 6.07) is -0.774. The van der Waals surface area contributed by atoms with E-state index in [1.807, 2.05) is 13.8 Å². The summed E-state index contributed by atoms with van der Waals surface area (Å²) < 4.78 is 5.15. The number of hydrogen-bond donors (Lipinski definition) is 2. The van der Waals surface area contributed by atoms with Crippen molar-refractivity contribution in [2.75, 3.05) is 13.2 Å². The Balaban J connectivity index is 3.77. The predicted molar refractivity (Wildman–Crippen MR) is 60.2 cm³/mol. The van der Waals surface area contributed by atoms with Gasteiger partial charge in [0.25, 0.3) is 0 Å². The Morgan fingerprint density at radius 1 is 1.25 bits per heavy atom. The summed E-state index contributed by atoms with van der Waals surface area (Å²) in [5.41, 5.74) is 0. The van der Waals surface area contributed by atoms with Crippen molar-refractivity contribution in [2.24, 2.45) is 0 Å². The third-order valence-electron chi connectivity index (χ3n) is 2.03. The van der Waals surface area contributed by atoms with Gasteiger partial charge in [-0.3, -0.25) is 4.79 Å². The number of ether oxygens (including phenoxy) is 1. The number of rotatable bonds is 9. The van der Waals surface area contributed by atoms with Crippen molar-refractivity contribution in [1.29, 1.82) is 0 Å². The molecule has 5 heteroatoms. The van der Waals surface area contributed by atoms with Gasteiger partial charge in [-0.15, -0.1) is 0 Å². The minimum absolute atomic E-state index is 0.216. The molecule has 0 radical (unpaired) electrons. The molecular weight excluding hydrogens is 210 g/mol. The average molecular weight is 231 g/mol. The van der Waals surface area contributed by atoms with Crippen LogP contribution in [-0.2, 0) is 14.3 Å². The Labute approximate surface area is 96.2 Å². The Kier molecular flexibility index (Phi) is 8.52. The fourth-order valence-corrected chi connectivity index (χ4v) is 1.22. The van der Waals surface area contributed by atoms with Gasteiger partial charge >= 0.3 is 5.97 Å². The van der Waals surface area contributed by atoms with E-state index in [0.29, 0.717) is 19.6 Å². The first-order chi connectivity index (χ1) is 7.61. The van der Waals surface area contributed by atoms with E-state index >= 15 is 0 Å². The Bertz CT molecular complexity index is 218. The van der Waals surface area contributed by atoms with Crippen LogP contribution in [-0.4, -0.2) is 36.2 Å². The maximum atomic E-state index is 11.3. The molecule has 16 heavy (non-hydrogen) atoms. The molecule has 0 saturated carbocycles. The second-order valence-electron chi connectivity index (χ2n) is 3.61. The number of carbonyl (C=O) groups excluding carboxylic acids is 1. The van der Waals surface area contributed by atoms with E-state index in [1.165, 1.54) is 0 Å². The molecule has 0 bridgehead atoms. The number of carbonyl (C=O) groups is 2. The van der Waals surface area contributed by atoms with Gasteiger partial charge in [-0.05, 0) is 12.8 Å². The van der Waals surface area contributed by atoms with E-state index in [9.17, 15) is 9.59 Å². The van der Waals surface area contributed by atoms with Crippen LogP contribution in [0, 0.1) is 0 Å². The van der Waals surface area contributed by atoms with Crippen LogP contribution in [0.25, 0.3) is 0 Å². The molecule has 0 spiro atoms. The van der Waals surface area contributed by atoms with Gasteiger partial charge in [0, 0.05) is 13.0 Å². The van der Waals surface area contributed by atoms with E-state index in [2.05, 4.69) is 5.32 Å². The second kappa shape index (κ2) is 9.15. The Hall–Kier alpha value is -1.10. The largest absolute Gasteiger partial charge is 0.480 e. The molecule has 0 saturated heterocycles. The zero-order valence-electron chi connectivity index (χ0n) is 9.99.